The number of para-hydroxylation sites is 1. The molecule has 0 N–H and O–H groups in total. The Balaban J connectivity index is 1.64. The maximum absolute atomic E-state index is 13.7. The Labute approximate surface area is 198 Å². The predicted octanol–water partition coefficient (Wildman–Crippen LogP) is 6.94. The number of hydrogen-bond acceptors (Lipinski definition) is 3. The second kappa shape index (κ2) is 10.2. The van der Waals surface area contributed by atoms with Crippen LogP contribution in [0.25, 0.3) is 16.3 Å². The van der Waals surface area contributed by atoms with E-state index in [1.54, 1.807) is 0 Å². The fraction of sp³-hybridized carbons (Fsp3) is 0.231. The van der Waals surface area contributed by atoms with Crippen LogP contribution in [0.5, 0.6) is 0 Å². The molecule has 2 heterocycles. The molecular formula is C26H26ClN3OS. The van der Waals surface area contributed by atoms with Gasteiger partial charge in [-0.2, -0.15) is 0 Å². The monoisotopic (exact) mass is 463 g/mol. The van der Waals surface area contributed by atoms with Crippen LogP contribution in [0, 0.1) is 5.92 Å². The summed E-state index contributed by atoms with van der Waals surface area (Å²) in [5.41, 5.74) is 3.31. The molecule has 0 atom stereocenters. The summed E-state index contributed by atoms with van der Waals surface area (Å²) in [6.45, 7) is 5.36. The second-order valence-corrected chi connectivity index (χ2v) is 9.72. The van der Waals surface area contributed by atoms with E-state index in [9.17, 15) is 4.79 Å². The summed E-state index contributed by atoms with van der Waals surface area (Å²) in [6, 6.07) is 21.6. The first-order chi connectivity index (χ1) is 15.5. The van der Waals surface area contributed by atoms with E-state index in [-0.39, 0.29) is 5.91 Å². The van der Waals surface area contributed by atoms with E-state index < -0.39 is 0 Å². The van der Waals surface area contributed by atoms with E-state index >= 15 is 0 Å². The van der Waals surface area contributed by atoms with Gasteiger partial charge in [-0.05, 0) is 36.6 Å². The Morgan fingerprint density at radius 3 is 2.44 bits per heavy atom. The number of amides is 1. The zero-order chi connectivity index (χ0) is 22.5. The standard InChI is InChI=1S/C26H26ClN3OS/c1-19(2)14-17-30(18-22-24(27)32-25(28-22)20-10-4-3-5-11-20)26(31)21-12-6-7-13-23(21)29-15-8-9-16-29/h3-13,15-16,19H,14,17-18H2,1-2H3. The molecule has 0 aliphatic heterocycles. The minimum Gasteiger partial charge on any atom is -0.333 e. The van der Waals surface area contributed by atoms with Gasteiger partial charge >= 0.3 is 0 Å². The lowest BCUT2D eigenvalue weighted by Crippen LogP contribution is -2.33. The first-order valence-electron chi connectivity index (χ1n) is 10.7. The average Bonchev–Trinajstić information content (AvgIpc) is 3.47. The minimum atomic E-state index is -0.0136. The summed E-state index contributed by atoms with van der Waals surface area (Å²) in [6.07, 6.45) is 4.81. The molecule has 0 unspecified atom stereocenters. The van der Waals surface area contributed by atoms with Crippen molar-refractivity contribution in [2.75, 3.05) is 6.54 Å². The third-order valence-corrected chi connectivity index (χ3v) is 6.68. The smallest absolute Gasteiger partial charge is 0.256 e. The van der Waals surface area contributed by atoms with E-state index in [4.69, 9.17) is 16.6 Å². The largest absolute Gasteiger partial charge is 0.333 e. The fourth-order valence-corrected chi connectivity index (χ4v) is 4.66. The molecule has 32 heavy (non-hydrogen) atoms. The highest BCUT2D eigenvalue weighted by molar-refractivity contribution is 7.19. The first kappa shape index (κ1) is 22.3. The molecule has 0 aliphatic rings. The molecule has 0 saturated heterocycles. The van der Waals surface area contributed by atoms with Crippen molar-refractivity contribution in [3.05, 3.63) is 94.7 Å². The number of benzene rings is 2. The van der Waals surface area contributed by atoms with Gasteiger partial charge in [0.15, 0.2) is 0 Å². The molecular weight excluding hydrogens is 438 g/mol. The lowest BCUT2D eigenvalue weighted by molar-refractivity contribution is 0.0734. The summed E-state index contributed by atoms with van der Waals surface area (Å²) >= 11 is 8.03. The molecule has 0 fully saturated rings. The lowest BCUT2D eigenvalue weighted by Gasteiger charge is -2.24. The van der Waals surface area contributed by atoms with E-state index in [0.717, 1.165) is 28.4 Å². The van der Waals surface area contributed by atoms with Crippen LogP contribution >= 0.6 is 22.9 Å². The number of carbonyl (C=O) groups is 1. The molecule has 2 aromatic heterocycles. The van der Waals surface area contributed by atoms with Gasteiger partial charge in [0.1, 0.15) is 9.34 Å². The third-order valence-electron chi connectivity index (χ3n) is 5.29. The van der Waals surface area contributed by atoms with Gasteiger partial charge in [-0.25, -0.2) is 4.98 Å². The maximum Gasteiger partial charge on any atom is 0.256 e. The summed E-state index contributed by atoms with van der Waals surface area (Å²) in [7, 11) is 0. The maximum atomic E-state index is 13.7. The fourth-order valence-electron chi connectivity index (χ4n) is 3.53. The Hall–Kier alpha value is -2.89. The van der Waals surface area contributed by atoms with Crippen molar-refractivity contribution in [1.82, 2.24) is 14.5 Å². The van der Waals surface area contributed by atoms with Crippen molar-refractivity contribution in [1.29, 1.82) is 0 Å². The first-order valence-corrected chi connectivity index (χ1v) is 11.9. The number of aromatic nitrogens is 2. The zero-order valence-corrected chi connectivity index (χ0v) is 19.8. The number of halogens is 1. The highest BCUT2D eigenvalue weighted by Crippen LogP contribution is 2.32. The van der Waals surface area contributed by atoms with Crippen LogP contribution in [0.4, 0.5) is 0 Å². The average molecular weight is 464 g/mol. The molecule has 4 nitrogen and oxygen atoms in total. The quantitative estimate of drug-likeness (QED) is 0.283. The normalized spacial score (nSPS) is 11.1. The Kier molecular flexibility index (Phi) is 7.08. The summed E-state index contributed by atoms with van der Waals surface area (Å²) < 4.78 is 2.60. The highest BCUT2D eigenvalue weighted by Gasteiger charge is 2.22. The molecule has 0 saturated carbocycles. The number of thiazole rings is 1. The van der Waals surface area contributed by atoms with Crippen molar-refractivity contribution in [2.24, 2.45) is 5.92 Å². The summed E-state index contributed by atoms with van der Waals surface area (Å²) in [4.78, 5) is 20.4. The molecule has 1 amide bonds. The van der Waals surface area contributed by atoms with E-state index in [2.05, 4.69) is 13.8 Å². The molecule has 0 aliphatic carbocycles. The summed E-state index contributed by atoms with van der Waals surface area (Å²) in [5.74, 6) is 0.469. The van der Waals surface area contributed by atoms with E-state index in [1.807, 2.05) is 88.6 Å². The highest BCUT2D eigenvalue weighted by atomic mass is 35.5. The topological polar surface area (TPSA) is 38.1 Å². The van der Waals surface area contributed by atoms with Gasteiger partial charge in [0.05, 0.1) is 23.5 Å². The van der Waals surface area contributed by atoms with Gasteiger partial charge < -0.3 is 9.47 Å². The van der Waals surface area contributed by atoms with Crippen LogP contribution in [0.1, 0.15) is 36.3 Å². The molecule has 6 heteroatoms. The predicted molar refractivity (Wildman–Crippen MR) is 133 cm³/mol. The van der Waals surface area contributed by atoms with Crippen LogP contribution in [0.2, 0.25) is 4.34 Å². The zero-order valence-electron chi connectivity index (χ0n) is 18.2. The van der Waals surface area contributed by atoms with Crippen LogP contribution < -0.4 is 0 Å². The lowest BCUT2D eigenvalue weighted by atomic mass is 10.1. The van der Waals surface area contributed by atoms with Crippen LogP contribution in [-0.2, 0) is 6.54 Å². The van der Waals surface area contributed by atoms with Gasteiger partial charge in [0, 0.05) is 24.5 Å². The van der Waals surface area contributed by atoms with Gasteiger partial charge in [-0.3, -0.25) is 4.79 Å². The van der Waals surface area contributed by atoms with Gasteiger partial charge in [-0.15, -0.1) is 11.3 Å². The van der Waals surface area contributed by atoms with Crippen molar-refractivity contribution < 1.29 is 4.79 Å². The van der Waals surface area contributed by atoms with Gasteiger partial charge in [-0.1, -0.05) is 67.9 Å². The van der Waals surface area contributed by atoms with Crippen LogP contribution in [0.3, 0.4) is 0 Å². The van der Waals surface area contributed by atoms with E-state index in [0.29, 0.717) is 28.9 Å². The number of rotatable bonds is 8. The Morgan fingerprint density at radius 1 is 1.03 bits per heavy atom. The summed E-state index contributed by atoms with van der Waals surface area (Å²) in [5, 5.41) is 0.870. The molecule has 0 spiro atoms. The molecule has 0 radical (unpaired) electrons. The Bertz CT molecular complexity index is 1170. The number of carbonyl (C=O) groups excluding carboxylic acids is 1. The van der Waals surface area contributed by atoms with Crippen LogP contribution in [-0.4, -0.2) is 26.9 Å². The van der Waals surface area contributed by atoms with Crippen molar-refractivity contribution >= 4 is 28.8 Å². The molecule has 164 valence electrons. The third kappa shape index (κ3) is 5.12. The molecule has 2 aromatic carbocycles. The minimum absolute atomic E-state index is 0.0136. The van der Waals surface area contributed by atoms with E-state index in [1.165, 1.54) is 11.3 Å². The van der Waals surface area contributed by atoms with Crippen molar-refractivity contribution in [2.45, 2.75) is 26.8 Å². The Morgan fingerprint density at radius 2 is 1.72 bits per heavy atom. The number of hydrogen-bond donors (Lipinski definition) is 0. The van der Waals surface area contributed by atoms with Crippen molar-refractivity contribution in [3.8, 4) is 16.3 Å². The van der Waals surface area contributed by atoms with Crippen LogP contribution in [0.15, 0.2) is 79.1 Å². The molecule has 4 aromatic rings. The SMILES string of the molecule is CC(C)CCN(Cc1nc(-c2ccccc2)sc1Cl)C(=O)c1ccccc1-n1cccc1. The molecule has 0 bridgehead atoms. The van der Waals surface area contributed by atoms with Gasteiger partial charge in [0.25, 0.3) is 5.91 Å². The number of nitrogens with zero attached hydrogens (tertiary/aromatic N) is 3. The molecule has 4 rings (SSSR count). The van der Waals surface area contributed by atoms with Gasteiger partial charge in [0.2, 0.25) is 0 Å². The second-order valence-electron chi connectivity index (χ2n) is 8.12. The van der Waals surface area contributed by atoms with Crippen molar-refractivity contribution in [3.63, 3.8) is 0 Å².